The topological polar surface area (TPSA) is 67.9 Å². The van der Waals surface area contributed by atoms with Gasteiger partial charge >= 0.3 is 0 Å². The third-order valence-corrected chi connectivity index (χ3v) is 4.72. The third kappa shape index (κ3) is 4.17. The molecule has 0 saturated carbocycles. The number of fused-ring (bicyclic) bond motifs is 1. The average Bonchev–Trinajstić information content (AvgIpc) is 2.99. The number of anilines is 2. The van der Waals surface area contributed by atoms with Crippen molar-refractivity contribution in [2.45, 2.75) is 19.3 Å². The van der Waals surface area contributed by atoms with Gasteiger partial charge in [-0.3, -0.25) is 9.59 Å². The van der Waals surface area contributed by atoms with E-state index >= 15 is 0 Å². The molecule has 6 nitrogen and oxygen atoms in total. The van der Waals surface area contributed by atoms with Crippen molar-refractivity contribution in [3.05, 3.63) is 54.1 Å². The molecule has 1 fully saturated rings. The molecule has 2 aliphatic heterocycles. The third-order valence-electron chi connectivity index (χ3n) is 4.72. The summed E-state index contributed by atoms with van der Waals surface area (Å²) in [5.74, 6) is 1.28. The number of amides is 2. The molecule has 4 rings (SSSR count). The number of carbonyl (C=O) groups excluding carboxylic acids is 2. The van der Waals surface area contributed by atoms with Crippen molar-refractivity contribution >= 4 is 29.3 Å². The first kappa shape index (κ1) is 18.1. The van der Waals surface area contributed by atoms with E-state index in [1.54, 1.807) is 29.2 Å². The van der Waals surface area contributed by atoms with E-state index in [4.69, 9.17) is 9.47 Å². The highest BCUT2D eigenvalue weighted by atomic mass is 16.5. The Balaban J connectivity index is 1.37. The van der Waals surface area contributed by atoms with Crippen LogP contribution in [0.2, 0.25) is 0 Å². The SMILES string of the molecule is O=C(/C=C/c1ccc(N2CCCC2=O)cc1)Nc1ccc2c(c1)OCCCO2. The first-order valence-corrected chi connectivity index (χ1v) is 9.48. The molecule has 2 heterocycles. The van der Waals surface area contributed by atoms with Crippen LogP contribution in [0.15, 0.2) is 48.5 Å². The molecule has 144 valence electrons. The number of nitrogens with one attached hydrogen (secondary N) is 1. The maximum Gasteiger partial charge on any atom is 0.248 e. The van der Waals surface area contributed by atoms with Gasteiger partial charge < -0.3 is 19.7 Å². The number of nitrogens with zero attached hydrogens (tertiary/aromatic N) is 1. The zero-order chi connectivity index (χ0) is 19.3. The summed E-state index contributed by atoms with van der Waals surface area (Å²) in [5.41, 5.74) is 2.45. The molecule has 28 heavy (non-hydrogen) atoms. The lowest BCUT2D eigenvalue weighted by atomic mass is 10.2. The summed E-state index contributed by atoms with van der Waals surface area (Å²) >= 11 is 0. The molecule has 1 saturated heterocycles. The van der Waals surface area contributed by atoms with Crippen molar-refractivity contribution in [2.24, 2.45) is 0 Å². The highest BCUT2D eigenvalue weighted by Gasteiger charge is 2.21. The molecule has 1 N–H and O–H groups in total. The Morgan fingerprint density at radius 2 is 1.79 bits per heavy atom. The van der Waals surface area contributed by atoms with E-state index in [0.717, 1.165) is 30.6 Å². The molecular weight excluding hydrogens is 356 g/mol. The normalized spacial score (nSPS) is 16.3. The van der Waals surface area contributed by atoms with Crippen LogP contribution in [-0.4, -0.2) is 31.6 Å². The summed E-state index contributed by atoms with van der Waals surface area (Å²) in [6.07, 6.45) is 5.58. The van der Waals surface area contributed by atoms with Crippen molar-refractivity contribution in [2.75, 3.05) is 30.0 Å². The molecule has 0 unspecified atom stereocenters. The van der Waals surface area contributed by atoms with Crippen LogP contribution in [0.25, 0.3) is 6.08 Å². The first-order chi connectivity index (χ1) is 13.7. The van der Waals surface area contributed by atoms with Crippen LogP contribution in [0.1, 0.15) is 24.8 Å². The largest absolute Gasteiger partial charge is 0.490 e. The van der Waals surface area contributed by atoms with Gasteiger partial charge in [0.25, 0.3) is 0 Å². The fraction of sp³-hybridized carbons (Fsp3) is 0.273. The standard InChI is InChI=1S/C22H22N2O4/c25-21(23-17-7-10-19-20(15-17)28-14-2-13-27-19)11-6-16-4-8-18(9-5-16)24-12-1-3-22(24)26/h4-11,15H,1-3,12-14H2,(H,23,25)/b11-6+. The van der Waals surface area contributed by atoms with Crippen LogP contribution in [0.3, 0.4) is 0 Å². The van der Waals surface area contributed by atoms with E-state index < -0.39 is 0 Å². The maximum atomic E-state index is 12.2. The average molecular weight is 378 g/mol. The molecule has 2 aromatic carbocycles. The molecule has 0 bridgehead atoms. The molecular formula is C22H22N2O4. The second-order valence-corrected chi connectivity index (χ2v) is 6.78. The van der Waals surface area contributed by atoms with Gasteiger partial charge in [-0.25, -0.2) is 0 Å². The second-order valence-electron chi connectivity index (χ2n) is 6.78. The highest BCUT2D eigenvalue weighted by Crippen LogP contribution is 2.32. The van der Waals surface area contributed by atoms with E-state index in [1.165, 1.54) is 6.08 Å². The molecule has 2 amide bonds. The van der Waals surface area contributed by atoms with E-state index in [-0.39, 0.29) is 11.8 Å². The molecule has 0 spiro atoms. The van der Waals surface area contributed by atoms with Gasteiger partial charge in [0.15, 0.2) is 11.5 Å². The number of hydrogen-bond acceptors (Lipinski definition) is 4. The fourth-order valence-electron chi connectivity index (χ4n) is 3.28. The monoisotopic (exact) mass is 378 g/mol. The van der Waals surface area contributed by atoms with Gasteiger partial charge in [-0.2, -0.15) is 0 Å². The summed E-state index contributed by atoms with van der Waals surface area (Å²) in [7, 11) is 0. The van der Waals surface area contributed by atoms with Crippen molar-refractivity contribution in [1.29, 1.82) is 0 Å². The zero-order valence-corrected chi connectivity index (χ0v) is 15.5. The Labute approximate surface area is 163 Å². The minimum Gasteiger partial charge on any atom is -0.490 e. The molecule has 2 aromatic rings. The molecule has 0 atom stereocenters. The van der Waals surface area contributed by atoms with E-state index in [2.05, 4.69) is 5.32 Å². The molecule has 0 aromatic heterocycles. The quantitative estimate of drug-likeness (QED) is 0.825. The Bertz CT molecular complexity index is 905. The number of ether oxygens (including phenoxy) is 2. The molecule has 2 aliphatic rings. The van der Waals surface area contributed by atoms with E-state index in [1.807, 2.05) is 24.3 Å². The Morgan fingerprint density at radius 1 is 1.00 bits per heavy atom. The van der Waals surface area contributed by atoms with Crippen molar-refractivity contribution in [3.8, 4) is 11.5 Å². The lowest BCUT2D eigenvalue weighted by molar-refractivity contribution is -0.117. The first-order valence-electron chi connectivity index (χ1n) is 9.48. The molecule has 6 heteroatoms. The predicted octanol–water partition coefficient (Wildman–Crippen LogP) is 3.63. The lowest BCUT2D eigenvalue weighted by Crippen LogP contribution is -2.23. The lowest BCUT2D eigenvalue weighted by Gasteiger charge is -2.15. The smallest absolute Gasteiger partial charge is 0.248 e. The van der Waals surface area contributed by atoms with Gasteiger partial charge in [0.1, 0.15) is 0 Å². The van der Waals surface area contributed by atoms with Gasteiger partial charge in [-0.15, -0.1) is 0 Å². The minimum atomic E-state index is -0.228. The summed E-state index contributed by atoms with van der Waals surface area (Å²) < 4.78 is 11.2. The summed E-state index contributed by atoms with van der Waals surface area (Å²) in [4.78, 5) is 25.8. The number of rotatable bonds is 4. The van der Waals surface area contributed by atoms with Crippen LogP contribution < -0.4 is 19.7 Å². The van der Waals surface area contributed by atoms with E-state index in [9.17, 15) is 9.59 Å². The van der Waals surface area contributed by atoms with Crippen LogP contribution in [0, 0.1) is 0 Å². The van der Waals surface area contributed by atoms with Crippen molar-refractivity contribution in [3.63, 3.8) is 0 Å². The number of hydrogen-bond donors (Lipinski definition) is 1. The fourth-order valence-corrected chi connectivity index (χ4v) is 3.28. The summed E-state index contributed by atoms with van der Waals surface area (Å²) in [6, 6.07) is 13.0. The van der Waals surface area contributed by atoms with Gasteiger partial charge in [0.05, 0.1) is 13.2 Å². The van der Waals surface area contributed by atoms with Crippen molar-refractivity contribution in [1.82, 2.24) is 0 Å². The minimum absolute atomic E-state index is 0.165. The van der Waals surface area contributed by atoms with Crippen molar-refractivity contribution < 1.29 is 19.1 Å². The van der Waals surface area contributed by atoms with Crippen LogP contribution in [0.5, 0.6) is 11.5 Å². The highest BCUT2D eigenvalue weighted by molar-refractivity contribution is 6.02. The van der Waals surface area contributed by atoms with Crippen LogP contribution in [-0.2, 0) is 9.59 Å². The van der Waals surface area contributed by atoms with Gasteiger partial charge in [-0.1, -0.05) is 12.1 Å². The van der Waals surface area contributed by atoms with Gasteiger partial charge in [0, 0.05) is 42.9 Å². The van der Waals surface area contributed by atoms with E-state index in [0.29, 0.717) is 36.8 Å². The predicted molar refractivity (Wildman–Crippen MR) is 108 cm³/mol. The molecule has 0 aliphatic carbocycles. The Hall–Kier alpha value is -3.28. The van der Waals surface area contributed by atoms with Crippen LogP contribution >= 0.6 is 0 Å². The Morgan fingerprint density at radius 3 is 2.54 bits per heavy atom. The number of benzene rings is 2. The second kappa shape index (κ2) is 8.17. The van der Waals surface area contributed by atoms with Crippen LogP contribution in [0.4, 0.5) is 11.4 Å². The maximum absolute atomic E-state index is 12.2. The summed E-state index contributed by atoms with van der Waals surface area (Å²) in [5, 5.41) is 2.83. The van der Waals surface area contributed by atoms with Gasteiger partial charge in [0.2, 0.25) is 11.8 Å². The number of carbonyl (C=O) groups is 2. The molecule has 0 radical (unpaired) electrons. The summed E-state index contributed by atoms with van der Waals surface area (Å²) in [6.45, 7) is 2.00. The van der Waals surface area contributed by atoms with Gasteiger partial charge in [-0.05, 0) is 42.3 Å². The zero-order valence-electron chi connectivity index (χ0n) is 15.5. The Kier molecular flexibility index (Phi) is 5.28.